The fraction of sp³-hybridized carbons (Fsp3) is 0.385. The third kappa shape index (κ3) is 3.04. The molecule has 0 spiro atoms. The lowest BCUT2D eigenvalue weighted by atomic mass is 10.1. The van der Waals surface area contributed by atoms with Crippen LogP contribution in [0.3, 0.4) is 0 Å². The quantitative estimate of drug-likeness (QED) is 0.918. The Hall–Kier alpha value is -1.62. The molecule has 102 valence electrons. The van der Waals surface area contributed by atoms with Crippen LogP contribution in [-0.2, 0) is 4.79 Å². The van der Waals surface area contributed by atoms with Crippen molar-refractivity contribution < 1.29 is 14.0 Å². The topological polar surface area (TPSA) is 49.4 Å². The standard InChI is InChI=1S/C13H14ClFN2O2/c1-17-7-8(5-11(17)18)6-16-13(19)12-9(14)3-2-4-10(12)15/h2-4,8H,5-7H2,1H3,(H,16,19). The minimum absolute atomic E-state index is 0.0585. The molecule has 0 bridgehead atoms. The third-order valence-electron chi connectivity index (χ3n) is 3.16. The number of halogens is 2. The van der Waals surface area contributed by atoms with Crippen molar-refractivity contribution in [2.75, 3.05) is 20.1 Å². The summed E-state index contributed by atoms with van der Waals surface area (Å²) in [4.78, 5) is 24.8. The van der Waals surface area contributed by atoms with Gasteiger partial charge in [-0.1, -0.05) is 17.7 Å². The predicted octanol–water partition coefficient (Wildman–Crippen LogP) is 1.69. The average molecular weight is 285 g/mol. The van der Waals surface area contributed by atoms with Crippen LogP contribution in [-0.4, -0.2) is 36.9 Å². The number of carbonyl (C=O) groups excluding carboxylic acids is 2. The normalized spacial score (nSPS) is 18.8. The molecule has 6 heteroatoms. The van der Waals surface area contributed by atoms with Crippen LogP contribution in [0.25, 0.3) is 0 Å². The summed E-state index contributed by atoms with van der Waals surface area (Å²) in [5.74, 6) is -1.08. The molecule has 0 aliphatic carbocycles. The molecular weight excluding hydrogens is 271 g/mol. The number of nitrogens with one attached hydrogen (secondary N) is 1. The van der Waals surface area contributed by atoms with E-state index >= 15 is 0 Å². The summed E-state index contributed by atoms with van der Waals surface area (Å²) < 4.78 is 13.5. The highest BCUT2D eigenvalue weighted by Gasteiger charge is 2.27. The SMILES string of the molecule is CN1CC(CNC(=O)c2c(F)cccc2Cl)CC1=O. The molecule has 19 heavy (non-hydrogen) atoms. The van der Waals surface area contributed by atoms with Crippen molar-refractivity contribution >= 4 is 23.4 Å². The van der Waals surface area contributed by atoms with E-state index in [0.717, 1.165) is 0 Å². The van der Waals surface area contributed by atoms with E-state index in [4.69, 9.17) is 11.6 Å². The van der Waals surface area contributed by atoms with Gasteiger partial charge in [-0.05, 0) is 12.1 Å². The summed E-state index contributed by atoms with van der Waals surface area (Å²) in [7, 11) is 1.72. The maximum absolute atomic E-state index is 13.5. The van der Waals surface area contributed by atoms with Gasteiger partial charge in [0, 0.05) is 32.5 Å². The van der Waals surface area contributed by atoms with Crippen LogP contribution < -0.4 is 5.32 Å². The lowest BCUT2D eigenvalue weighted by Gasteiger charge is -2.12. The summed E-state index contributed by atoms with van der Waals surface area (Å²) in [5.41, 5.74) is -0.151. The van der Waals surface area contributed by atoms with Crippen molar-refractivity contribution in [1.29, 1.82) is 0 Å². The summed E-state index contributed by atoms with van der Waals surface area (Å²) in [5, 5.41) is 2.70. The van der Waals surface area contributed by atoms with E-state index in [-0.39, 0.29) is 22.4 Å². The van der Waals surface area contributed by atoms with Crippen LogP contribution in [0.5, 0.6) is 0 Å². The number of nitrogens with zero attached hydrogens (tertiary/aromatic N) is 1. The molecule has 1 fully saturated rings. The van der Waals surface area contributed by atoms with Gasteiger partial charge in [0.2, 0.25) is 5.91 Å². The second kappa shape index (κ2) is 5.57. The molecule has 0 radical (unpaired) electrons. The van der Waals surface area contributed by atoms with Gasteiger partial charge < -0.3 is 10.2 Å². The first-order chi connectivity index (χ1) is 8.99. The molecule has 4 nitrogen and oxygen atoms in total. The average Bonchev–Trinajstić information content (AvgIpc) is 2.66. The van der Waals surface area contributed by atoms with Crippen molar-refractivity contribution in [2.45, 2.75) is 6.42 Å². The highest BCUT2D eigenvalue weighted by Crippen LogP contribution is 2.19. The van der Waals surface area contributed by atoms with E-state index in [1.54, 1.807) is 11.9 Å². The third-order valence-corrected chi connectivity index (χ3v) is 3.48. The lowest BCUT2D eigenvalue weighted by molar-refractivity contribution is -0.126. The van der Waals surface area contributed by atoms with Crippen LogP contribution in [0.4, 0.5) is 4.39 Å². The summed E-state index contributed by atoms with van der Waals surface area (Å²) in [6.45, 7) is 0.934. The largest absolute Gasteiger partial charge is 0.352 e. The Labute approximate surface area is 115 Å². The van der Waals surface area contributed by atoms with Crippen molar-refractivity contribution in [3.8, 4) is 0 Å². The molecule has 1 N–H and O–H groups in total. The Morgan fingerprint density at radius 1 is 1.58 bits per heavy atom. The van der Waals surface area contributed by atoms with Crippen LogP contribution in [0.1, 0.15) is 16.8 Å². The van der Waals surface area contributed by atoms with Gasteiger partial charge in [-0.2, -0.15) is 0 Å². The summed E-state index contributed by atoms with van der Waals surface area (Å²) in [6.07, 6.45) is 0.405. The second-order valence-corrected chi connectivity index (χ2v) is 5.06. The van der Waals surface area contributed by atoms with Crippen LogP contribution in [0.15, 0.2) is 18.2 Å². The molecule has 1 aliphatic rings. The molecule has 2 amide bonds. The zero-order chi connectivity index (χ0) is 14.0. The Bertz CT molecular complexity index is 501. The van der Waals surface area contributed by atoms with E-state index in [9.17, 15) is 14.0 Å². The molecule has 0 saturated carbocycles. The Balaban J connectivity index is 1.97. The molecular formula is C13H14ClFN2O2. The monoisotopic (exact) mass is 284 g/mol. The molecule has 1 aliphatic heterocycles. The minimum Gasteiger partial charge on any atom is -0.352 e. The number of hydrogen-bond donors (Lipinski definition) is 1. The van der Waals surface area contributed by atoms with Gasteiger partial charge >= 0.3 is 0 Å². The van der Waals surface area contributed by atoms with Crippen LogP contribution in [0, 0.1) is 11.7 Å². The van der Waals surface area contributed by atoms with Gasteiger partial charge in [-0.25, -0.2) is 4.39 Å². The lowest BCUT2D eigenvalue weighted by Crippen LogP contribution is -2.31. The Kier molecular flexibility index (Phi) is 4.04. The van der Waals surface area contributed by atoms with Crippen LogP contribution >= 0.6 is 11.6 Å². The number of rotatable bonds is 3. The van der Waals surface area contributed by atoms with Gasteiger partial charge in [0.15, 0.2) is 0 Å². The fourth-order valence-electron chi connectivity index (χ4n) is 2.13. The highest BCUT2D eigenvalue weighted by atomic mass is 35.5. The van der Waals surface area contributed by atoms with Gasteiger partial charge in [-0.3, -0.25) is 9.59 Å². The maximum Gasteiger partial charge on any atom is 0.255 e. The van der Waals surface area contributed by atoms with Crippen molar-refractivity contribution in [2.24, 2.45) is 5.92 Å². The Morgan fingerprint density at radius 2 is 2.32 bits per heavy atom. The number of carbonyl (C=O) groups is 2. The molecule has 1 atom stereocenters. The number of hydrogen-bond acceptors (Lipinski definition) is 2. The molecule has 0 aromatic heterocycles. The molecule has 2 rings (SSSR count). The van der Waals surface area contributed by atoms with Gasteiger partial charge in [0.25, 0.3) is 5.91 Å². The van der Waals surface area contributed by atoms with E-state index in [0.29, 0.717) is 19.5 Å². The molecule has 1 saturated heterocycles. The number of amides is 2. The second-order valence-electron chi connectivity index (χ2n) is 4.65. The van der Waals surface area contributed by atoms with Crippen molar-refractivity contribution in [3.63, 3.8) is 0 Å². The van der Waals surface area contributed by atoms with Gasteiger partial charge in [-0.15, -0.1) is 0 Å². The van der Waals surface area contributed by atoms with Gasteiger partial charge in [0.1, 0.15) is 5.82 Å². The molecule has 1 heterocycles. The Morgan fingerprint density at radius 3 is 2.89 bits per heavy atom. The highest BCUT2D eigenvalue weighted by molar-refractivity contribution is 6.33. The van der Waals surface area contributed by atoms with E-state index in [1.165, 1.54) is 18.2 Å². The van der Waals surface area contributed by atoms with Crippen molar-refractivity contribution in [3.05, 3.63) is 34.6 Å². The predicted molar refractivity (Wildman–Crippen MR) is 69.5 cm³/mol. The van der Waals surface area contributed by atoms with E-state index < -0.39 is 11.7 Å². The number of benzene rings is 1. The van der Waals surface area contributed by atoms with Crippen molar-refractivity contribution in [1.82, 2.24) is 10.2 Å². The molecule has 1 unspecified atom stereocenters. The minimum atomic E-state index is -0.649. The fourth-order valence-corrected chi connectivity index (χ4v) is 2.38. The van der Waals surface area contributed by atoms with Crippen LogP contribution in [0.2, 0.25) is 5.02 Å². The first kappa shape index (κ1) is 13.8. The van der Waals surface area contributed by atoms with E-state index in [1.807, 2.05) is 0 Å². The first-order valence-electron chi connectivity index (χ1n) is 5.95. The zero-order valence-corrected chi connectivity index (χ0v) is 11.2. The molecule has 1 aromatic rings. The first-order valence-corrected chi connectivity index (χ1v) is 6.33. The summed E-state index contributed by atoms with van der Waals surface area (Å²) in [6, 6.07) is 4.10. The summed E-state index contributed by atoms with van der Waals surface area (Å²) >= 11 is 5.80. The zero-order valence-electron chi connectivity index (χ0n) is 10.5. The van der Waals surface area contributed by atoms with E-state index in [2.05, 4.69) is 5.32 Å². The maximum atomic E-state index is 13.5. The molecule has 1 aromatic carbocycles. The van der Waals surface area contributed by atoms with Gasteiger partial charge in [0.05, 0.1) is 10.6 Å². The smallest absolute Gasteiger partial charge is 0.255 e. The number of likely N-dealkylation sites (tertiary alicyclic amines) is 1.